The molecule has 2 unspecified atom stereocenters. The molecule has 9 heteroatoms. The minimum absolute atomic E-state index is 0.0213. The van der Waals surface area contributed by atoms with Crippen LogP contribution in [0.3, 0.4) is 0 Å². The highest BCUT2D eigenvalue weighted by Gasteiger charge is 2.31. The van der Waals surface area contributed by atoms with Crippen molar-refractivity contribution in [3.63, 3.8) is 0 Å². The summed E-state index contributed by atoms with van der Waals surface area (Å²) in [4.78, 5) is 34.5. The molecule has 0 radical (unpaired) electrons. The molecule has 1 saturated carbocycles. The minimum Gasteiger partial charge on any atom is -0.391 e. The highest BCUT2D eigenvalue weighted by molar-refractivity contribution is 7.38. The van der Waals surface area contributed by atoms with Gasteiger partial charge < -0.3 is 26.4 Å². The Labute approximate surface area is 175 Å². The van der Waals surface area contributed by atoms with Crippen LogP contribution < -0.4 is 16.4 Å². The van der Waals surface area contributed by atoms with Crippen LogP contribution >= 0.6 is 8.03 Å². The maximum atomic E-state index is 12.6. The van der Waals surface area contributed by atoms with Crippen molar-refractivity contribution in [3.8, 4) is 0 Å². The van der Waals surface area contributed by atoms with Crippen molar-refractivity contribution in [1.82, 2.24) is 10.6 Å². The zero-order valence-electron chi connectivity index (χ0n) is 18.2. The topological polar surface area (TPSA) is 142 Å². The fraction of sp³-hybridized carbons (Fsp3) is 0.900. The normalized spacial score (nSPS) is 20.7. The molecule has 0 bridgehead atoms. The molecule has 0 saturated heterocycles. The number of aliphatic hydroxyl groups is 1. The Kier molecular flexibility index (Phi) is 11.4. The molecular formula is C20H40N3O5P. The predicted molar refractivity (Wildman–Crippen MR) is 115 cm³/mol. The Bertz CT molecular complexity index is 552. The molecule has 1 aliphatic rings. The zero-order valence-corrected chi connectivity index (χ0v) is 19.2. The molecule has 170 valence electrons. The molecule has 0 aromatic rings. The van der Waals surface area contributed by atoms with Crippen LogP contribution in [0.5, 0.6) is 0 Å². The summed E-state index contributed by atoms with van der Waals surface area (Å²) >= 11 is 0. The molecule has 0 aliphatic heterocycles. The first-order valence-electron chi connectivity index (χ1n) is 10.8. The second-order valence-corrected chi connectivity index (χ2v) is 10.4. The van der Waals surface area contributed by atoms with Crippen LogP contribution in [0.15, 0.2) is 0 Å². The monoisotopic (exact) mass is 433 g/mol. The molecule has 29 heavy (non-hydrogen) atoms. The number of aliphatic hydroxyl groups excluding tert-OH is 1. The number of rotatable bonds is 11. The van der Waals surface area contributed by atoms with Crippen LogP contribution in [0.2, 0.25) is 0 Å². The third-order valence-electron chi connectivity index (χ3n) is 5.84. The molecule has 1 aliphatic carbocycles. The van der Waals surface area contributed by atoms with Crippen molar-refractivity contribution in [2.45, 2.75) is 90.1 Å². The van der Waals surface area contributed by atoms with Gasteiger partial charge in [-0.15, -0.1) is 0 Å². The van der Waals surface area contributed by atoms with Crippen LogP contribution in [-0.2, 0) is 14.2 Å². The van der Waals surface area contributed by atoms with E-state index in [1.54, 1.807) is 0 Å². The summed E-state index contributed by atoms with van der Waals surface area (Å²) in [5.74, 6) is -0.823. The maximum absolute atomic E-state index is 12.6. The van der Waals surface area contributed by atoms with Gasteiger partial charge in [-0.2, -0.15) is 0 Å². The second-order valence-electron chi connectivity index (χ2n) is 8.98. The van der Waals surface area contributed by atoms with Crippen LogP contribution in [0.4, 0.5) is 0 Å². The fourth-order valence-electron chi connectivity index (χ4n) is 3.82. The molecule has 6 N–H and O–H groups in total. The summed E-state index contributed by atoms with van der Waals surface area (Å²) in [6, 6.07) is -1.46. The van der Waals surface area contributed by atoms with Crippen molar-refractivity contribution >= 4 is 19.8 Å². The number of amides is 2. The van der Waals surface area contributed by atoms with Crippen molar-refractivity contribution in [1.29, 1.82) is 0 Å². The van der Waals surface area contributed by atoms with Gasteiger partial charge in [0.25, 0.3) is 0 Å². The number of hydrogen-bond donors (Lipinski definition) is 5. The Morgan fingerprint density at radius 1 is 1.07 bits per heavy atom. The molecule has 5 atom stereocenters. The van der Waals surface area contributed by atoms with Gasteiger partial charge in [0, 0.05) is 12.2 Å². The first kappa shape index (κ1) is 26.1. The Morgan fingerprint density at radius 3 is 2.14 bits per heavy atom. The average molecular weight is 434 g/mol. The summed E-state index contributed by atoms with van der Waals surface area (Å²) in [6.45, 7) is 7.28. The zero-order chi connectivity index (χ0) is 22.1. The average Bonchev–Trinajstić information content (AvgIpc) is 2.67. The van der Waals surface area contributed by atoms with Crippen molar-refractivity contribution in [2.75, 3.05) is 6.54 Å². The van der Waals surface area contributed by atoms with Gasteiger partial charge in [0.1, 0.15) is 6.04 Å². The predicted octanol–water partition coefficient (Wildman–Crippen LogP) is 1.39. The van der Waals surface area contributed by atoms with Gasteiger partial charge in [-0.1, -0.05) is 47.0 Å². The third kappa shape index (κ3) is 8.75. The van der Waals surface area contributed by atoms with E-state index in [1.807, 2.05) is 27.7 Å². The molecule has 0 heterocycles. The first-order valence-corrected chi connectivity index (χ1v) is 12.2. The van der Waals surface area contributed by atoms with Gasteiger partial charge in [0.2, 0.25) is 11.8 Å². The Hall–Kier alpha value is -0.950. The summed E-state index contributed by atoms with van der Waals surface area (Å²) in [7, 11) is -2.76. The standard InChI is InChI=1S/C20H40N3O5P/c1-12(2)17(21)19(25)23-18(13(3)4)20(26)22-11-15(24)10-16(29(27)28)14-8-6-5-7-9-14/h12-18,24,29H,5-11,21H2,1-4H3,(H,22,26)(H,23,25)(H,27,28)/t15-,16?,17-,18-/m1/s1. The van der Waals surface area contributed by atoms with E-state index in [0.29, 0.717) is 0 Å². The van der Waals surface area contributed by atoms with Gasteiger partial charge in [0.05, 0.1) is 12.1 Å². The smallest absolute Gasteiger partial charge is 0.242 e. The van der Waals surface area contributed by atoms with Gasteiger partial charge >= 0.3 is 0 Å². The molecule has 1 fully saturated rings. The summed E-state index contributed by atoms with van der Waals surface area (Å²) in [5, 5.41) is 15.7. The molecule has 2 amide bonds. The van der Waals surface area contributed by atoms with E-state index in [4.69, 9.17) is 5.73 Å². The van der Waals surface area contributed by atoms with Gasteiger partial charge in [-0.25, -0.2) is 0 Å². The fourth-order valence-corrected chi connectivity index (χ4v) is 5.03. The van der Waals surface area contributed by atoms with E-state index < -0.39 is 37.8 Å². The number of nitrogens with one attached hydrogen (secondary N) is 2. The maximum Gasteiger partial charge on any atom is 0.242 e. The van der Waals surface area contributed by atoms with Crippen LogP contribution in [0.1, 0.15) is 66.2 Å². The lowest BCUT2D eigenvalue weighted by Crippen LogP contribution is -2.55. The summed E-state index contributed by atoms with van der Waals surface area (Å²) < 4.78 is 11.8. The Balaban J connectivity index is 2.59. The Morgan fingerprint density at radius 2 is 1.66 bits per heavy atom. The molecule has 0 spiro atoms. The summed E-state index contributed by atoms with van der Waals surface area (Å²) in [5.41, 5.74) is 5.43. The molecule has 1 rings (SSSR count). The van der Waals surface area contributed by atoms with Crippen molar-refractivity contribution < 1.29 is 24.2 Å². The van der Waals surface area contributed by atoms with Gasteiger partial charge in [-0.05, 0) is 37.0 Å². The van der Waals surface area contributed by atoms with Gasteiger partial charge in [0.15, 0.2) is 8.03 Å². The van der Waals surface area contributed by atoms with E-state index in [1.165, 1.54) is 0 Å². The van der Waals surface area contributed by atoms with E-state index >= 15 is 0 Å². The van der Waals surface area contributed by atoms with Crippen molar-refractivity contribution in [2.24, 2.45) is 23.5 Å². The number of nitrogens with two attached hydrogens (primary N) is 1. The number of hydrogen-bond acceptors (Lipinski definition) is 5. The van der Waals surface area contributed by atoms with E-state index in [0.717, 1.165) is 32.1 Å². The largest absolute Gasteiger partial charge is 0.391 e. The molecular weight excluding hydrogens is 393 g/mol. The van der Waals surface area contributed by atoms with Crippen LogP contribution in [0.25, 0.3) is 0 Å². The van der Waals surface area contributed by atoms with E-state index in [9.17, 15) is 24.2 Å². The minimum atomic E-state index is -2.76. The summed E-state index contributed by atoms with van der Waals surface area (Å²) in [6.07, 6.45) is 4.37. The van der Waals surface area contributed by atoms with Crippen LogP contribution in [-0.4, -0.2) is 52.2 Å². The number of carbonyl (C=O) groups excluding carboxylic acids is 2. The quantitative estimate of drug-likeness (QED) is 0.312. The lowest BCUT2D eigenvalue weighted by Gasteiger charge is -2.30. The van der Waals surface area contributed by atoms with E-state index in [-0.39, 0.29) is 36.6 Å². The highest BCUT2D eigenvalue weighted by atomic mass is 31.1. The third-order valence-corrected chi connectivity index (χ3v) is 7.18. The second kappa shape index (κ2) is 12.7. The first-order chi connectivity index (χ1) is 13.5. The van der Waals surface area contributed by atoms with Gasteiger partial charge in [-0.3, -0.25) is 14.2 Å². The molecule has 0 aromatic heterocycles. The molecule has 8 nitrogen and oxygen atoms in total. The highest BCUT2D eigenvalue weighted by Crippen LogP contribution is 2.40. The van der Waals surface area contributed by atoms with E-state index in [2.05, 4.69) is 10.6 Å². The van der Waals surface area contributed by atoms with Crippen molar-refractivity contribution in [3.05, 3.63) is 0 Å². The lowest BCUT2D eigenvalue weighted by molar-refractivity contribution is -0.131. The SMILES string of the molecule is CC(C)[C@@H](N)C(=O)N[C@@H](C(=O)NC[C@H](O)CC(C1CCCCC1)[PH](=O)O)C(C)C. The number of carbonyl (C=O) groups is 2. The molecule has 0 aromatic carbocycles. The lowest BCUT2D eigenvalue weighted by atomic mass is 9.85. The van der Waals surface area contributed by atoms with Crippen LogP contribution in [0, 0.1) is 17.8 Å².